The molecule has 0 aliphatic rings. The van der Waals surface area contributed by atoms with E-state index >= 15 is 0 Å². The van der Waals surface area contributed by atoms with Crippen LogP contribution in [0.3, 0.4) is 0 Å². The van der Waals surface area contributed by atoms with E-state index in [1.54, 1.807) is 4.68 Å². The topological polar surface area (TPSA) is 43.8 Å². The minimum Gasteiger partial charge on any atom is -0.322 e. The number of nitrogens with two attached hydrogens (primary N) is 1. The van der Waals surface area contributed by atoms with E-state index in [0.717, 1.165) is 17.8 Å². The highest BCUT2D eigenvalue weighted by Crippen LogP contribution is 2.14. The molecular formula is C10H15N3. The van der Waals surface area contributed by atoms with Gasteiger partial charge in [0, 0.05) is 13.5 Å². The Morgan fingerprint density at radius 3 is 2.92 bits per heavy atom. The second-order valence-electron chi connectivity index (χ2n) is 3.05. The predicted octanol–water partition coefficient (Wildman–Crippen LogP) is 1.01. The largest absolute Gasteiger partial charge is 0.322 e. The van der Waals surface area contributed by atoms with Crippen molar-refractivity contribution < 1.29 is 0 Å². The van der Waals surface area contributed by atoms with E-state index in [4.69, 9.17) is 12.2 Å². The Balaban J connectivity index is 2.88. The molecule has 1 rings (SSSR count). The molecule has 1 unspecified atom stereocenters. The first kappa shape index (κ1) is 9.82. The third-order valence-corrected chi connectivity index (χ3v) is 2.05. The van der Waals surface area contributed by atoms with E-state index < -0.39 is 0 Å². The lowest BCUT2D eigenvalue weighted by atomic mass is 10.1. The van der Waals surface area contributed by atoms with E-state index in [1.165, 1.54) is 0 Å². The van der Waals surface area contributed by atoms with Gasteiger partial charge in [0.2, 0.25) is 0 Å². The highest BCUT2D eigenvalue weighted by atomic mass is 15.3. The lowest BCUT2D eigenvalue weighted by Crippen LogP contribution is -2.13. The van der Waals surface area contributed by atoms with Crippen LogP contribution in [0.1, 0.15) is 30.8 Å². The smallest absolute Gasteiger partial charge is 0.0625 e. The summed E-state index contributed by atoms with van der Waals surface area (Å²) in [4.78, 5) is 0. The van der Waals surface area contributed by atoms with Crippen LogP contribution >= 0.6 is 0 Å². The summed E-state index contributed by atoms with van der Waals surface area (Å²) in [5.74, 6) is 2.55. The van der Waals surface area contributed by atoms with Gasteiger partial charge < -0.3 is 5.73 Å². The Morgan fingerprint density at radius 1 is 1.77 bits per heavy atom. The summed E-state index contributed by atoms with van der Waals surface area (Å²) in [6, 6.07) is 1.92. The normalized spacial score (nSPS) is 12.5. The van der Waals surface area contributed by atoms with Crippen LogP contribution in [0.25, 0.3) is 0 Å². The fourth-order valence-electron chi connectivity index (χ4n) is 1.29. The number of aryl methyl sites for hydroxylation is 2. The molecule has 0 radical (unpaired) electrons. The lowest BCUT2D eigenvalue weighted by molar-refractivity contribution is 0.627. The van der Waals surface area contributed by atoms with Crippen molar-refractivity contribution in [2.75, 3.05) is 0 Å². The number of rotatable bonds is 3. The minimum absolute atomic E-state index is 0.0946. The number of hydrogen-bond donors (Lipinski definition) is 1. The number of aromatic nitrogens is 2. The quantitative estimate of drug-likeness (QED) is 0.700. The van der Waals surface area contributed by atoms with Crippen molar-refractivity contribution in [2.24, 2.45) is 12.8 Å². The van der Waals surface area contributed by atoms with Gasteiger partial charge >= 0.3 is 0 Å². The summed E-state index contributed by atoms with van der Waals surface area (Å²) in [5, 5.41) is 4.30. The van der Waals surface area contributed by atoms with E-state index in [0.29, 0.717) is 6.42 Å². The van der Waals surface area contributed by atoms with E-state index in [-0.39, 0.29) is 6.04 Å². The maximum Gasteiger partial charge on any atom is 0.0625 e. The summed E-state index contributed by atoms with van der Waals surface area (Å²) in [5.41, 5.74) is 7.94. The van der Waals surface area contributed by atoms with Gasteiger partial charge in [-0.15, -0.1) is 12.3 Å². The Kier molecular flexibility index (Phi) is 3.10. The van der Waals surface area contributed by atoms with E-state index in [2.05, 4.69) is 17.9 Å². The first-order chi connectivity index (χ1) is 6.19. The SMILES string of the molecule is C#CCC(N)c1cc(CC)nn1C. The highest BCUT2D eigenvalue weighted by molar-refractivity contribution is 5.15. The summed E-state index contributed by atoms with van der Waals surface area (Å²) < 4.78 is 1.81. The molecule has 0 bridgehead atoms. The maximum absolute atomic E-state index is 5.87. The monoisotopic (exact) mass is 177 g/mol. The zero-order chi connectivity index (χ0) is 9.84. The Bertz CT molecular complexity index is 319. The molecule has 1 heterocycles. The average Bonchev–Trinajstić information content (AvgIpc) is 2.47. The third-order valence-electron chi connectivity index (χ3n) is 2.05. The molecule has 1 atom stereocenters. The van der Waals surface area contributed by atoms with Crippen molar-refractivity contribution in [3.8, 4) is 12.3 Å². The number of nitrogens with zero attached hydrogens (tertiary/aromatic N) is 2. The van der Waals surface area contributed by atoms with Gasteiger partial charge in [-0.25, -0.2) is 0 Å². The van der Waals surface area contributed by atoms with Gasteiger partial charge in [0.15, 0.2) is 0 Å². The zero-order valence-electron chi connectivity index (χ0n) is 8.12. The van der Waals surface area contributed by atoms with E-state index in [1.807, 2.05) is 13.1 Å². The second kappa shape index (κ2) is 4.11. The molecule has 3 nitrogen and oxygen atoms in total. The Morgan fingerprint density at radius 2 is 2.46 bits per heavy atom. The second-order valence-corrected chi connectivity index (χ2v) is 3.05. The first-order valence-corrected chi connectivity index (χ1v) is 4.40. The van der Waals surface area contributed by atoms with E-state index in [9.17, 15) is 0 Å². The molecule has 0 aliphatic heterocycles. The molecule has 70 valence electrons. The van der Waals surface area contributed by atoms with Crippen LogP contribution in [0.15, 0.2) is 6.07 Å². The van der Waals surface area contributed by atoms with Crippen LogP contribution in [-0.4, -0.2) is 9.78 Å². The Hall–Kier alpha value is -1.27. The van der Waals surface area contributed by atoms with Crippen molar-refractivity contribution in [2.45, 2.75) is 25.8 Å². The van der Waals surface area contributed by atoms with Gasteiger partial charge in [0.1, 0.15) is 0 Å². The molecule has 13 heavy (non-hydrogen) atoms. The van der Waals surface area contributed by atoms with Crippen molar-refractivity contribution in [3.05, 3.63) is 17.5 Å². The lowest BCUT2D eigenvalue weighted by Gasteiger charge is -2.07. The fourth-order valence-corrected chi connectivity index (χ4v) is 1.29. The average molecular weight is 177 g/mol. The van der Waals surface area contributed by atoms with Gasteiger partial charge in [0.05, 0.1) is 17.4 Å². The predicted molar refractivity (Wildman–Crippen MR) is 53.0 cm³/mol. The number of hydrogen-bond acceptors (Lipinski definition) is 2. The standard InChI is InChI=1S/C10H15N3/c1-4-6-9(11)10-7-8(5-2)12-13(10)3/h1,7,9H,5-6,11H2,2-3H3. The molecule has 0 spiro atoms. The van der Waals surface area contributed by atoms with Crippen molar-refractivity contribution in [3.63, 3.8) is 0 Å². The van der Waals surface area contributed by atoms with Crippen molar-refractivity contribution >= 4 is 0 Å². The summed E-state index contributed by atoms with van der Waals surface area (Å²) in [7, 11) is 1.89. The number of terminal acetylenes is 1. The molecule has 1 aromatic heterocycles. The summed E-state index contributed by atoms with van der Waals surface area (Å²) in [6.45, 7) is 2.07. The molecule has 0 aliphatic carbocycles. The molecule has 0 saturated heterocycles. The van der Waals surface area contributed by atoms with Crippen molar-refractivity contribution in [1.82, 2.24) is 9.78 Å². The molecule has 2 N–H and O–H groups in total. The maximum atomic E-state index is 5.87. The molecule has 0 amide bonds. The van der Waals surface area contributed by atoms with Crippen LogP contribution in [0.4, 0.5) is 0 Å². The molecule has 3 heteroatoms. The summed E-state index contributed by atoms with van der Waals surface area (Å²) >= 11 is 0. The molecule has 0 aromatic carbocycles. The van der Waals surface area contributed by atoms with Gasteiger partial charge in [-0.05, 0) is 12.5 Å². The van der Waals surface area contributed by atoms with Crippen molar-refractivity contribution in [1.29, 1.82) is 0 Å². The van der Waals surface area contributed by atoms with Gasteiger partial charge in [-0.2, -0.15) is 5.10 Å². The van der Waals surface area contributed by atoms with Crippen LogP contribution in [-0.2, 0) is 13.5 Å². The molecule has 0 saturated carbocycles. The highest BCUT2D eigenvalue weighted by Gasteiger charge is 2.10. The third kappa shape index (κ3) is 2.10. The van der Waals surface area contributed by atoms with Gasteiger partial charge in [-0.3, -0.25) is 4.68 Å². The van der Waals surface area contributed by atoms with Crippen LogP contribution in [0.2, 0.25) is 0 Å². The molecule has 0 fully saturated rings. The summed E-state index contributed by atoms with van der Waals surface area (Å²) in [6.07, 6.45) is 6.68. The Labute approximate surface area is 78.9 Å². The zero-order valence-corrected chi connectivity index (χ0v) is 8.12. The fraction of sp³-hybridized carbons (Fsp3) is 0.500. The van der Waals surface area contributed by atoms with Crippen LogP contribution in [0, 0.1) is 12.3 Å². The van der Waals surface area contributed by atoms with Gasteiger partial charge in [0.25, 0.3) is 0 Å². The van der Waals surface area contributed by atoms with Crippen LogP contribution in [0.5, 0.6) is 0 Å². The minimum atomic E-state index is -0.0946. The molecular weight excluding hydrogens is 162 g/mol. The first-order valence-electron chi connectivity index (χ1n) is 4.40. The molecule has 1 aromatic rings. The van der Waals surface area contributed by atoms with Crippen LogP contribution < -0.4 is 5.73 Å². The van der Waals surface area contributed by atoms with Gasteiger partial charge in [-0.1, -0.05) is 6.92 Å².